The van der Waals surface area contributed by atoms with Gasteiger partial charge < -0.3 is 4.48 Å². The molecule has 5 atom stereocenters. The van der Waals surface area contributed by atoms with E-state index in [1.165, 1.54) is 43.1 Å². The maximum atomic E-state index is 10.6. The number of quaternary nitrogens is 1. The first-order valence-corrected chi connectivity index (χ1v) is 12.6. The van der Waals surface area contributed by atoms with Gasteiger partial charge in [0.05, 0.1) is 25.1 Å². The van der Waals surface area contributed by atoms with E-state index >= 15 is 0 Å². The predicted molar refractivity (Wildman–Crippen MR) is 127 cm³/mol. The number of nitriles is 1. The summed E-state index contributed by atoms with van der Waals surface area (Å²) in [7, 11) is 2.51. The van der Waals surface area contributed by atoms with Crippen LogP contribution < -0.4 is 0 Å². The summed E-state index contributed by atoms with van der Waals surface area (Å²) < 4.78 is 1.27. The number of halogens is 1. The van der Waals surface area contributed by atoms with Crippen molar-refractivity contribution >= 4 is 11.6 Å². The van der Waals surface area contributed by atoms with E-state index in [0.29, 0.717) is 11.3 Å². The Hall–Kier alpha value is -1.82. The monoisotopic (exact) mass is 433 g/mol. The van der Waals surface area contributed by atoms with Crippen molar-refractivity contribution in [2.45, 2.75) is 62.4 Å². The fourth-order valence-corrected chi connectivity index (χ4v) is 8.08. The van der Waals surface area contributed by atoms with E-state index < -0.39 is 5.41 Å². The van der Waals surface area contributed by atoms with Gasteiger partial charge in [0, 0.05) is 18.7 Å². The third-order valence-corrected chi connectivity index (χ3v) is 9.47. The van der Waals surface area contributed by atoms with Gasteiger partial charge in [0.15, 0.2) is 0 Å². The van der Waals surface area contributed by atoms with Crippen molar-refractivity contribution in [3.05, 3.63) is 71.8 Å². The molecule has 0 radical (unpaired) electrons. The Bertz CT molecular complexity index is 912. The minimum atomic E-state index is -0.561. The van der Waals surface area contributed by atoms with Crippen LogP contribution in [0.1, 0.15) is 56.1 Å². The standard InChI is InChI=1S/C28H34ClN2/c1-31(17-9-8-16-29)25-14-15-27(25)19-22(18-26(27)31)20-28(21-30,23-10-4-2-5-11-23)24-12-6-3-7-13-24/h2-7,10-13,22,25-26H,8-9,14-20H2,1H3/q+1/t22-,25-,26-,27?,31?/m0/s1. The second kappa shape index (κ2) is 7.95. The van der Waals surface area contributed by atoms with Crippen LogP contribution in [0, 0.1) is 22.7 Å². The van der Waals surface area contributed by atoms with Gasteiger partial charge in [-0.2, -0.15) is 5.26 Å². The number of unbranched alkanes of at least 4 members (excludes halogenated alkanes) is 1. The first-order valence-electron chi connectivity index (χ1n) is 12.0. The van der Waals surface area contributed by atoms with Crippen molar-refractivity contribution in [3.63, 3.8) is 0 Å². The van der Waals surface area contributed by atoms with E-state index in [9.17, 15) is 5.26 Å². The summed E-state index contributed by atoms with van der Waals surface area (Å²) in [6, 6.07) is 25.5. The van der Waals surface area contributed by atoms with Gasteiger partial charge in [-0.25, -0.2) is 0 Å². The highest BCUT2D eigenvalue weighted by atomic mass is 35.5. The largest absolute Gasteiger partial charge is 0.320 e. The van der Waals surface area contributed by atoms with Gasteiger partial charge in [0.2, 0.25) is 0 Å². The molecule has 5 rings (SSSR count). The molecule has 2 nitrogen and oxygen atoms in total. The lowest BCUT2D eigenvalue weighted by Crippen LogP contribution is -2.83. The zero-order chi connectivity index (χ0) is 21.5. The average Bonchev–Trinajstić information content (AvgIpc) is 3.19. The summed E-state index contributed by atoms with van der Waals surface area (Å²) in [4.78, 5) is 0. The molecule has 3 fully saturated rings. The maximum Gasteiger partial charge on any atom is 0.107 e. The molecule has 1 aliphatic heterocycles. The molecule has 0 bridgehead atoms. The minimum absolute atomic E-state index is 0.561. The highest BCUT2D eigenvalue weighted by Crippen LogP contribution is 2.70. The molecule has 1 spiro atoms. The number of rotatable bonds is 8. The molecular weight excluding hydrogens is 400 g/mol. The Balaban J connectivity index is 1.43. The molecular formula is C28H34ClN2+. The SMILES string of the molecule is C[N+]1(CCCCCl)[C@H]2CCC23C[C@@H](CC(C#N)(c2ccccc2)c2ccccc2)C[C@@H]31. The molecule has 2 aromatic carbocycles. The van der Waals surface area contributed by atoms with Crippen LogP contribution in [0.5, 0.6) is 0 Å². The second-order valence-corrected chi connectivity index (χ2v) is 10.9. The van der Waals surface area contributed by atoms with Crippen molar-refractivity contribution in [1.29, 1.82) is 5.26 Å². The molecule has 0 N–H and O–H groups in total. The van der Waals surface area contributed by atoms with Gasteiger partial charge in [0.25, 0.3) is 0 Å². The normalized spacial score (nSPS) is 33.5. The topological polar surface area (TPSA) is 23.8 Å². The van der Waals surface area contributed by atoms with Gasteiger partial charge in [-0.05, 0) is 49.1 Å². The van der Waals surface area contributed by atoms with Crippen LogP contribution in [0.2, 0.25) is 0 Å². The fourth-order valence-electron chi connectivity index (χ4n) is 7.89. The quantitative estimate of drug-likeness (QED) is 0.272. The van der Waals surface area contributed by atoms with Crippen LogP contribution in [0.15, 0.2) is 60.7 Å². The van der Waals surface area contributed by atoms with E-state index in [-0.39, 0.29) is 0 Å². The van der Waals surface area contributed by atoms with Crippen molar-refractivity contribution in [3.8, 4) is 6.07 Å². The highest BCUT2D eigenvalue weighted by molar-refractivity contribution is 6.17. The van der Waals surface area contributed by atoms with Gasteiger partial charge in [-0.1, -0.05) is 60.7 Å². The van der Waals surface area contributed by atoms with E-state index in [1.807, 2.05) is 12.1 Å². The zero-order valence-corrected chi connectivity index (χ0v) is 19.4. The van der Waals surface area contributed by atoms with Gasteiger partial charge in [-0.15, -0.1) is 11.6 Å². The summed E-state index contributed by atoms with van der Waals surface area (Å²) in [5.41, 5.74) is 2.29. The summed E-state index contributed by atoms with van der Waals surface area (Å²) in [6.07, 6.45) is 8.68. The third-order valence-electron chi connectivity index (χ3n) is 9.20. The first kappa shape index (κ1) is 21.0. The van der Waals surface area contributed by atoms with Crippen LogP contribution >= 0.6 is 11.6 Å². The highest BCUT2D eigenvalue weighted by Gasteiger charge is 2.77. The number of hydrogen-bond donors (Lipinski definition) is 0. The number of piperidine rings is 1. The molecule has 3 heteroatoms. The number of likely N-dealkylation sites (tertiary alicyclic amines) is 1. The lowest BCUT2D eigenvalue weighted by atomic mass is 9.51. The summed E-state index contributed by atoms with van der Waals surface area (Å²) in [6.45, 7) is 1.28. The Morgan fingerprint density at radius 2 is 1.68 bits per heavy atom. The second-order valence-electron chi connectivity index (χ2n) is 10.5. The Labute approximate surface area is 192 Å². The van der Waals surface area contributed by atoms with E-state index in [2.05, 4.69) is 61.6 Å². The average molecular weight is 434 g/mol. The van der Waals surface area contributed by atoms with Crippen LogP contribution in [0.4, 0.5) is 0 Å². The van der Waals surface area contributed by atoms with Crippen LogP contribution in [0.3, 0.4) is 0 Å². The summed E-state index contributed by atoms with van der Waals surface area (Å²) in [5.74, 6) is 1.39. The van der Waals surface area contributed by atoms with Crippen molar-refractivity contribution < 1.29 is 4.48 Å². The molecule has 2 aromatic rings. The van der Waals surface area contributed by atoms with Gasteiger partial charge in [-0.3, -0.25) is 0 Å². The lowest BCUT2D eigenvalue weighted by molar-refractivity contribution is -1.03. The maximum absolute atomic E-state index is 10.6. The van der Waals surface area contributed by atoms with Gasteiger partial charge >= 0.3 is 0 Å². The zero-order valence-electron chi connectivity index (χ0n) is 18.6. The van der Waals surface area contributed by atoms with Gasteiger partial charge in [0.1, 0.15) is 17.5 Å². The predicted octanol–water partition coefficient (Wildman–Crippen LogP) is 6.29. The molecule has 162 valence electrons. The van der Waals surface area contributed by atoms with E-state index in [1.54, 1.807) is 0 Å². The Kier molecular flexibility index (Phi) is 5.40. The summed E-state index contributed by atoms with van der Waals surface area (Å²) in [5, 5.41) is 10.6. The molecule has 0 aromatic heterocycles. The van der Waals surface area contributed by atoms with E-state index in [4.69, 9.17) is 11.6 Å². The summed E-state index contributed by atoms with van der Waals surface area (Å²) >= 11 is 5.97. The van der Waals surface area contributed by atoms with Crippen molar-refractivity contribution in [1.82, 2.24) is 0 Å². The van der Waals surface area contributed by atoms with Crippen LogP contribution in [-0.4, -0.2) is 36.0 Å². The first-order chi connectivity index (χ1) is 15.1. The molecule has 31 heavy (non-hydrogen) atoms. The molecule has 2 saturated carbocycles. The molecule has 1 heterocycles. The molecule has 2 aliphatic carbocycles. The smallest absolute Gasteiger partial charge is 0.107 e. The molecule has 0 amide bonds. The molecule has 2 unspecified atom stereocenters. The molecule has 1 saturated heterocycles. The lowest BCUT2D eigenvalue weighted by Gasteiger charge is -2.71. The minimum Gasteiger partial charge on any atom is -0.320 e. The fraction of sp³-hybridized carbons (Fsp3) is 0.536. The Morgan fingerprint density at radius 1 is 1.03 bits per heavy atom. The number of nitrogens with zero attached hydrogens (tertiary/aromatic N) is 2. The van der Waals surface area contributed by atoms with Crippen LogP contribution in [-0.2, 0) is 5.41 Å². The number of hydrogen-bond acceptors (Lipinski definition) is 1. The Morgan fingerprint density at radius 3 is 2.19 bits per heavy atom. The van der Waals surface area contributed by atoms with Crippen molar-refractivity contribution in [2.24, 2.45) is 11.3 Å². The van der Waals surface area contributed by atoms with E-state index in [0.717, 1.165) is 41.9 Å². The number of alkyl halides is 1. The molecule has 3 aliphatic rings. The van der Waals surface area contributed by atoms with Crippen molar-refractivity contribution in [2.75, 3.05) is 19.5 Å². The number of benzene rings is 2. The third kappa shape index (κ3) is 3.08. The van der Waals surface area contributed by atoms with Crippen LogP contribution in [0.25, 0.3) is 0 Å².